The molecule has 1 aromatic rings. The van der Waals surface area contributed by atoms with E-state index in [0.717, 1.165) is 30.2 Å². The maximum Gasteiger partial charge on any atom is 0.0866 e. The van der Waals surface area contributed by atoms with Gasteiger partial charge in [-0.25, -0.2) is 0 Å². The average molecular weight is 282 g/mol. The molecule has 1 aliphatic rings. The summed E-state index contributed by atoms with van der Waals surface area (Å²) >= 11 is 6.22. The summed E-state index contributed by atoms with van der Waals surface area (Å²) in [6.07, 6.45) is 1.28. The van der Waals surface area contributed by atoms with Crippen molar-refractivity contribution >= 4 is 11.6 Å². The highest BCUT2D eigenvalue weighted by Crippen LogP contribution is 2.35. The molecule has 1 N–H and O–H groups in total. The SMILES string of the molecule is Cc1ccc(C2OCCC2CNC(C)(C)C)cc1Cl. The number of ether oxygens (including phenoxy) is 1. The summed E-state index contributed by atoms with van der Waals surface area (Å²) in [4.78, 5) is 0. The Kier molecular flexibility index (Phi) is 4.54. The fraction of sp³-hybridized carbons (Fsp3) is 0.625. The van der Waals surface area contributed by atoms with E-state index in [1.165, 1.54) is 5.56 Å². The molecule has 2 atom stereocenters. The minimum Gasteiger partial charge on any atom is -0.373 e. The number of aryl methyl sites for hydroxylation is 1. The summed E-state index contributed by atoms with van der Waals surface area (Å²) in [5, 5.41) is 4.41. The molecule has 0 bridgehead atoms. The van der Waals surface area contributed by atoms with Crippen molar-refractivity contribution in [1.29, 1.82) is 0 Å². The maximum atomic E-state index is 6.22. The van der Waals surface area contributed by atoms with Crippen molar-refractivity contribution in [1.82, 2.24) is 5.32 Å². The first-order chi connectivity index (χ1) is 8.87. The van der Waals surface area contributed by atoms with E-state index < -0.39 is 0 Å². The van der Waals surface area contributed by atoms with E-state index in [0.29, 0.717) is 5.92 Å². The topological polar surface area (TPSA) is 21.3 Å². The van der Waals surface area contributed by atoms with Gasteiger partial charge in [0.15, 0.2) is 0 Å². The van der Waals surface area contributed by atoms with Gasteiger partial charge in [-0.1, -0.05) is 23.7 Å². The Morgan fingerprint density at radius 2 is 2.11 bits per heavy atom. The Balaban J connectivity index is 2.07. The van der Waals surface area contributed by atoms with Crippen LogP contribution in [0.15, 0.2) is 18.2 Å². The van der Waals surface area contributed by atoms with Gasteiger partial charge in [-0.05, 0) is 51.3 Å². The summed E-state index contributed by atoms with van der Waals surface area (Å²) in [6, 6.07) is 6.27. The molecule has 2 nitrogen and oxygen atoms in total. The van der Waals surface area contributed by atoms with Gasteiger partial charge < -0.3 is 10.1 Å². The van der Waals surface area contributed by atoms with E-state index in [1.54, 1.807) is 0 Å². The van der Waals surface area contributed by atoms with Gasteiger partial charge in [-0.15, -0.1) is 0 Å². The van der Waals surface area contributed by atoms with Gasteiger partial charge in [-0.3, -0.25) is 0 Å². The standard InChI is InChI=1S/C16H24ClNO/c1-11-5-6-12(9-14(11)17)15-13(7-8-19-15)10-18-16(2,3)4/h5-6,9,13,15,18H,7-8,10H2,1-4H3. The van der Waals surface area contributed by atoms with E-state index in [-0.39, 0.29) is 11.6 Å². The molecule has 1 saturated heterocycles. The highest BCUT2D eigenvalue weighted by atomic mass is 35.5. The lowest BCUT2D eigenvalue weighted by Crippen LogP contribution is -2.39. The van der Waals surface area contributed by atoms with Crippen molar-refractivity contribution in [2.75, 3.05) is 13.2 Å². The van der Waals surface area contributed by atoms with E-state index >= 15 is 0 Å². The van der Waals surface area contributed by atoms with Crippen LogP contribution < -0.4 is 5.32 Å². The summed E-state index contributed by atoms with van der Waals surface area (Å²) in [5.41, 5.74) is 2.47. The van der Waals surface area contributed by atoms with Crippen LogP contribution in [-0.4, -0.2) is 18.7 Å². The van der Waals surface area contributed by atoms with Crippen LogP contribution in [0.1, 0.15) is 44.4 Å². The summed E-state index contributed by atoms with van der Waals surface area (Å²) in [5.74, 6) is 0.526. The van der Waals surface area contributed by atoms with Crippen LogP contribution in [0.4, 0.5) is 0 Å². The van der Waals surface area contributed by atoms with Crippen LogP contribution in [0, 0.1) is 12.8 Å². The first-order valence-electron chi connectivity index (χ1n) is 6.99. The van der Waals surface area contributed by atoms with Gasteiger partial charge in [-0.2, -0.15) is 0 Å². The van der Waals surface area contributed by atoms with Crippen molar-refractivity contribution in [3.63, 3.8) is 0 Å². The Hall–Kier alpha value is -0.570. The quantitative estimate of drug-likeness (QED) is 0.900. The summed E-state index contributed by atoms with van der Waals surface area (Å²) < 4.78 is 5.91. The predicted molar refractivity (Wildman–Crippen MR) is 80.7 cm³/mol. The minimum absolute atomic E-state index is 0.151. The predicted octanol–water partition coefficient (Wildman–Crippen LogP) is 4.11. The molecule has 2 unspecified atom stereocenters. The van der Waals surface area contributed by atoms with E-state index in [9.17, 15) is 0 Å². The third-order valence-corrected chi connectivity index (χ3v) is 4.04. The fourth-order valence-electron chi connectivity index (χ4n) is 2.43. The molecule has 1 heterocycles. The minimum atomic E-state index is 0.151. The first-order valence-corrected chi connectivity index (χ1v) is 7.37. The van der Waals surface area contributed by atoms with Gasteiger partial charge in [0.05, 0.1) is 6.10 Å². The molecule has 0 amide bonds. The van der Waals surface area contributed by atoms with Crippen LogP contribution in [-0.2, 0) is 4.74 Å². The van der Waals surface area contributed by atoms with Gasteiger partial charge >= 0.3 is 0 Å². The van der Waals surface area contributed by atoms with Gasteiger partial charge in [0, 0.05) is 29.6 Å². The molecular weight excluding hydrogens is 258 g/mol. The van der Waals surface area contributed by atoms with Crippen LogP contribution in [0.25, 0.3) is 0 Å². The van der Waals surface area contributed by atoms with Crippen LogP contribution in [0.3, 0.4) is 0 Å². The first kappa shape index (κ1) is 14.8. The zero-order valence-corrected chi connectivity index (χ0v) is 13.1. The lowest BCUT2D eigenvalue weighted by atomic mass is 9.93. The molecule has 0 aromatic heterocycles. The zero-order valence-electron chi connectivity index (χ0n) is 12.3. The molecule has 0 spiro atoms. The normalized spacial score (nSPS) is 23.8. The second kappa shape index (κ2) is 5.82. The van der Waals surface area contributed by atoms with Crippen molar-refractivity contribution in [3.05, 3.63) is 34.3 Å². The van der Waals surface area contributed by atoms with Gasteiger partial charge in [0.1, 0.15) is 0 Å². The molecule has 0 saturated carbocycles. The highest BCUT2D eigenvalue weighted by molar-refractivity contribution is 6.31. The lowest BCUT2D eigenvalue weighted by molar-refractivity contribution is 0.0889. The van der Waals surface area contributed by atoms with Gasteiger partial charge in [0.25, 0.3) is 0 Å². The lowest BCUT2D eigenvalue weighted by Gasteiger charge is -2.26. The number of halogens is 1. The number of hydrogen-bond donors (Lipinski definition) is 1. The Labute approximate surface area is 121 Å². The zero-order chi connectivity index (χ0) is 14.0. The van der Waals surface area contributed by atoms with E-state index in [2.05, 4.69) is 44.3 Å². The van der Waals surface area contributed by atoms with Crippen molar-refractivity contribution < 1.29 is 4.74 Å². The number of benzene rings is 1. The monoisotopic (exact) mass is 281 g/mol. The molecule has 0 radical (unpaired) electrons. The smallest absolute Gasteiger partial charge is 0.0866 e. The third-order valence-electron chi connectivity index (χ3n) is 3.63. The average Bonchev–Trinajstić information content (AvgIpc) is 2.77. The molecule has 1 fully saturated rings. The number of rotatable bonds is 3. The number of nitrogens with one attached hydrogen (secondary N) is 1. The second-order valence-corrected chi connectivity index (χ2v) is 6.89. The molecule has 19 heavy (non-hydrogen) atoms. The van der Waals surface area contributed by atoms with Crippen molar-refractivity contribution in [2.24, 2.45) is 5.92 Å². The molecular formula is C16H24ClNO. The van der Waals surface area contributed by atoms with Crippen LogP contribution in [0.5, 0.6) is 0 Å². The fourth-order valence-corrected chi connectivity index (χ4v) is 2.62. The Morgan fingerprint density at radius 3 is 2.74 bits per heavy atom. The largest absolute Gasteiger partial charge is 0.373 e. The highest BCUT2D eigenvalue weighted by Gasteiger charge is 2.30. The second-order valence-electron chi connectivity index (χ2n) is 6.48. The van der Waals surface area contributed by atoms with E-state index in [1.807, 2.05) is 6.92 Å². The van der Waals surface area contributed by atoms with Gasteiger partial charge in [0.2, 0.25) is 0 Å². The van der Waals surface area contributed by atoms with Crippen LogP contribution >= 0.6 is 11.6 Å². The number of hydrogen-bond acceptors (Lipinski definition) is 2. The molecule has 2 rings (SSSR count). The third kappa shape index (κ3) is 3.95. The molecule has 0 aliphatic carbocycles. The summed E-state index contributed by atoms with van der Waals surface area (Å²) in [6.45, 7) is 10.4. The van der Waals surface area contributed by atoms with Crippen molar-refractivity contribution in [3.8, 4) is 0 Å². The maximum absolute atomic E-state index is 6.22. The van der Waals surface area contributed by atoms with E-state index in [4.69, 9.17) is 16.3 Å². The Morgan fingerprint density at radius 1 is 1.37 bits per heavy atom. The molecule has 106 valence electrons. The summed E-state index contributed by atoms with van der Waals surface area (Å²) in [7, 11) is 0. The molecule has 3 heteroatoms. The van der Waals surface area contributed by atoms with Crippen LogP contribution in [0.2, 0.25) is 5.02 Å². The molecule has 1 aromatic carbocycles. The molecule has 1 aliphatic heterocycles. The van der Waals surface area contributed by atoms with Crippen molar-refractivity contribution in [2.45, 2.75) is 45.8 Å². The Bertz CT molecular complexity index is 439.